The van der Waals surface area contributed by atoms with E-state index in [1.54, 1.807) is 11.6 Å². The monoisotopic (exact) mass is 394 g/mol. The fraction of sp³-hybridized carbons (Fsp3) is 0.304. The highest BCUT2D eigenvalue weighted by molar-refractivity contribution is 5.90. The van der Waals surface area contributed by atoms with Crippen molar-refractivity contribution in [2.24, 2.45) is 0 Å². The topological polar surface area (TPSA) is 87.7 Å². The molecule has 3 N–H and O–H groups in total. The van der Waals surface area contributed by atoms with Gasteiger partial charge in [-0.15, -0.1) is 0 Å². The van der Waals surface area contributed by atoms with Crippen molar-refractivity contribution in [2.45, 2.75) is 44.4 Å². The second kappa shape index (κ2) is 10.5. The van der Waals surface area contributed by atoms with Crippen molar-refractivity contribution in [2.75, 3.05) is 0 Å². The molecule has 0 unspecified atom stereocenters. The smallest absolute Gasteiger partial charge is 0.328 e. The van der Waals surface area contributed by atoms with Crippen LogP contribution in [0.2, 0.25) is 0 Å². The molecule has 0 saturated heterocycles. The number of amides is 1. The van der Waals surface area contributed by atoms with Gasteiger partial charge in [-0.2, -0.15) is 0 Å². The lowest BCUT2D eigenvalue weighted by atomic mass is 10.1. The zero-order chi connectivity index (χ0) is 20.5. The molecule has 0 heterocycles. The molecule has 0 aromatic heterocycles. The largest absolute Gasteiger partial charge is 0.461 e. The number of ether oxygens (including phenoxy) is 1. The minimum Gasteiger partial charge on any atom is -0.461 e. The summed E-state index contributed by atoms with van der Waals surface area (Å²) in [6.07, 6.45) is 6.99. The molecule has 0 bridgehead atoms. The maximum Gasteiger partial charge on any atom is 0.328 e. The van der Waals surface area contributed by atoms with Crippen molar-refractivity contribution in [1.82, 2.24) is 10.8 Å². The van der Waals surface area contributed by atoms with Crippen LogP contribution in [-0.2, 0) is 20.9 Å². The van der Waals surface area contributed by atoms with Crippen molar-refractivity contribution in [1.29, 1.82) is 0 Å². The third-order valence-corrected chi connectivity index (χ3v) is 4.98. The molecule has 3 rings (SSSR count). The van der Waals surface area contributed by atoms with E-state index in [0.717, 1.165) is 42.4 Å². The van der Waals surface area contributed by atoms with Gasteiger partial charge in [-0.3, -0.25) is 15.3 Å². The summed E-state index contributed by atoms with van der Waals surface area (Å²) in [4.78, 5) is 23.9. The molecule has 1 amide bonds. The SMILES string of the molecule is O=C(/C=C/c1ccc(CN[C@H](C(=O)OC2CCCC2)c2ccccc2)cc1)NO. The Labute approximate surface area is 170 Å². The van der Waals surface area contributed by atoms with Gasteiger partial charge in [-0.05, 0) is 48.4 Å². The van der Waals surface area contributed by atoms with Crippen LogP contribution in [0.5, 0.6) is 0 Å². The van der Waals surface area contributed by atoms with E-state index in [2.05, 4.69) is 5.32 Å². The Balaban J connectivity index is 1.64. The van der Waals surface area contributed by atoms with Crippen LogP contribution in [0, 0.1) is 0 Å². The summed E-state index contributed by atoms with van der Waals surface area (Å²) >= 11 is 0. The third kappa shape index (κ3) is 6.27. The highest BCUT2D eigenvalue weighted by Gasteiger charge is 2.26. The Morgan fingerprint density at radius 3 is 2.41 bits per heavy atom. The predicted molar refractivity (Wildman–Crippen MR) is 110 cm³/mol. The predicted octanol–water partition coefficient (Wildman–Crippen LogP) is 3.52. The summed E-state index contributed by atoms with van der Waals surface area (Å²) in [5.74, 6) is -0.820. The van der Waals surface area contributed by atoms with Crippen LogP contribution >= 0.6 is 0 Å². The molecule has 1 aliphatic carbocycles. The lowest BCUT2D eigenvalue weighted by Crippen LogP contribution is -2.32. The van der Waals surface area contributed by atoms with Crippen LogP contribution in [0.3, 0.4) is 0 Å². The second-order valence-electron chi connectivity index (χ2n) is 7.12. The lowest BCUT2D eigenvalue weighted by Gasteiger charge is -2.21. The van der Waals surface area contributed by atoms with Crippen LogP contribution in [-0.4, -0.2) is 23.2 Å². The van der Waals surface area contributed by atoms with Crippen molar-refractivity contribution < 1.29 is 19.5 Å². The zero-order valence-corrected chi connectivity index (χ0v) is 16.2. The second-order valence-corrected chi connectivity index (χ2v) is 7.12. The molecule has 1 aliphatic rings. The fourth-order valence-electron chi connectivity index (χ4n) is 3.40. The van der Waals surface area contributed by atoms with Crippen LogP contribution in [0.15, 0.2) is 60.7 Å². The van der Waals surface area contributed by atoms with Crippen molar-refractivity contribution in [3.8, 4) is 0 Å². The summed E-state index contributed by atoms with van der Waals surface area (Å²) in [5.41, 5.74) is 4.27. The Bertz CT molecular complexity index is 828. The maximum atomic E-state index is 12.8. The van der Waals surface area contributed by atoms with E-state index in [1.807, 2.05) is 54.6 Å². The van der Waals surface area contributed by atoms with E-state index in [9.17, 15) is 9.59 Å². The minimum absolute atomic E-state index is 0.0257. The average Bonchev–Trinajstić information content (AvgIpc) is 3.26. The normalized spacial score (nSPS) is 15.3. The number of hydrogen-bond acceptors (Lipinski definition) is 5. The number of hydroxylamine groups is 1. The van der Waals surface area contributed by atoms with E-state index in [-0.39, 0.29) is 12.1 Å². The lowest BCUT2D eigenvalue weighted by molar-refractivity contribution is -0.151. The molecule has 1 saturated carbocycles. The molecule has 6 nitrogen and oxygen atoms in total. The number of nitrogens with one attached hydrogen (secondary N) is 2. The number of esters is 1. The van der Waals surface area contributed by atoms with Gasteiger partial charge in [0.2, 0.25) is 0 Å². The molecule has 1 fully saturated rings. The van der Waals surface area contributed by atoms with Crippen LogP contribution in [0.1, 0.15) is 48.4 Å². The maximum absolute atomic E-state index is 12.8. The summed E-state index contributed by atoms with van der Waals surface area (Å²) < 4.78 is 5.73. The molecule has 0 radical (unpaired) electrons. The third-order valence-electron chi connectivity index (χ3n) is 4.98. The number of benzene rings is 2. The molecule has 0 aliphatic heterocycles. The summed E-state index contributed by atoms with van der Waals surface area (Å²) in [5, 5.41) is 11.8. The van der Waals surface area contributed by atoms with Gasteiger partial charge in [0.15, 0.2) is 0 Å². The Kier molecular flexibility index (Phi) is 7.55. The van der Waals surface area contributed by atoms with E-state index in [0.29, 0.717) is 6.54 Å². The first-order chi connectivity index (χ1) is 14.2. The van der Waals surface area contributed by atoms with Crippen molar-refractivity contribution in [3.05, 3.63) is 77.4 Å². The molecule has 2 aromatic rings. The van der Waals surface area contributed by atoms with E-state index >= 15 is 0 Å². The van der Waals surface area contributed by atoms with Crippen LogP contribution in [0.25, 0.3) is 6.08 Å². The fourth-order valence-corrected chi connectivity index (χ4v) is 3.40. The molecular formula is C23H26N2O4. The Morgan fingerprint density at radius 1 is 1.07 bits per heavy atom. The number of rotatable bonds is 8. The van der Waals surface area contributed by atoms with Gasteiger partial charge in [-0.25, -0.2) is 10.3 Å². The van der Waals surface area contributed by atoms with Crippen molar-refractivity contribution >= 4 is 18.0 Å². The Morgan fingerprint density at radius 2 is 1.76 bits per heavy atom. The zero-order valence-electron chi connectivity index (χ0n) is 16.2. The van der Waals surface area contributed by atoms with Gasteiger partial charge in [0.25, 0.3) is 5.91 Å². The summed E-state index contributed by atoms with van der Waals surface area (Å²) in [6.45, 7) is 0.500. The van der Waals surface area contributed by atoms with Crippen LogP contribution < -0.4 is 10.8 Å². The number of carbonyl (C=O) groups excluding carboxylic acids is 2. The quantitative estimate of drug-likeness (QED) is 0.276. The van der Waals surface area contributed by atoms with E-state index in [1.165, 1.54) is 6.08 Å². The van der Waals surface area contributed by atoms with Gasteiger partial charge < -0.3 is 4.74 Å². The van der Waals surface area contributed by atoms with Crippen LogP contribution in [0.4, 0.5) is 0 Å². The molecule has 152 valence electrons. The number of carbonyl (C=O) groups is 2. The molecule has 0 spiro atoms. The van der Waals surface area contributed by atoms with Gasteiger partial charge in [-0.1, -0.05) is 54.6 Å². The first-order valence-corrected chi connectivity index (χ1v) is 9.85. The number of hydrogen-bond donors (Lipinski definition) is 3. The highest BCUT2D eigenvalue weighted by atomic mass is 16.5. The van der Waals surface area contributed by atoms with Gasteiger partial charge in [0, 0.05) is 12.6 Å². The summed E-state index contributed by atoms with van der Waals surface area (Å²) in [7, 11) is 0. The van der Waals surface area contributed by atoms with Gasteiger partial charge in [0.05, 0.1) is 0 Å². The van der Waals surface area contributed by atoms with Gasteiger partial charge in [0.1, 0.15) is 12.1 Å². The van der Waals surface area contributed by atoms with Crippen molar-refractivity contribution in [3.63, 3.8) is 0 Å². The molecule has 6 heteroatoms. The highest BCUT2D eigenvalue weighted by Crippen LogP contribution is 2.24. The average molecular weight is 394 g/mol. The molecule has 2 aromatic carbocycles. The standard InChI is InChI=1S/C23H26N2O4/c26-21(25-28)15-14-17-10-12-18(13-11-17)16-24-22(19-6-2-1-3-7-19)23(27)29-20-8-4-5-9-20/h1-3,6-7,10-15,20,22,24,28H,4-5,8-9,16H2,(H,25,26)/b15-14+/t22-/m0/s1. The van der Waals surface area contributed by atoms with Gasteiger partial charge >= 0.3 is 5.97 Å². The first kappa shape index (κ1) is 20.8. The minimum atomic E-state index is -0.581. The summed E-state index contributed by atoms with van der Waals surface area (Å²) in [6, 6.07) is 16.7. The van der Waals surface area contributed by atoms with E-state index in [4.69, 9.17) is 9.94 Å². The molecular weight excluding hydrogens is 368 g/mol. The Hall–Kier alpha value is -2.96. The van der Waals surface area contributed by atoms with E-state index < -0.39 is 11.9 Å². The first-order valence-electron chi connectivity index (χ1n) is 9.85. The molecule has 1 atom stereocenters. The molecule has 29 heavy (non-hydrogen) atoms.